The molecule has 0 amide bonds. The predicted molar refractivity (Wildman–Crippen MR) is 67.5 cm³/mol. The highest BCUT2D eigenvalue weighted by atomic mass is 32.2. The molecule has 0 saturated heterocycles. The van der Waals surface area contributed by atoms with Crippen molar-refractivity contribution in [3.8, 4) is 5.75 Å². The molecule has 0 aliphatic carbocycles. The van der Waals surface area contributed by atoms with E-state index in [1.807, 2.05) is 0 Å². The van der Waals surface area contributed by atoms with E-state index < -0.39 is 30.7 Å². The molecule has 1 rings (SSSR count). The Bertz CT molecular complexity index is 688. The largest absolute Gasteiger partial charge is 0.492 e. The van der Waals surface area contributed by atoms with Gasteiger partial charge in [0.15, 0.2) is 0 Å². The minimum atomic E-state index is -4.90. The molecular formula is C9H12F2N2O5S2. The molecule has 0 atom stereocenters. The molecule has 0 aliphatic rings. The molecule has 0 unspecified atom stereocenters. The number of rotatable bonds is 6. The fraction of sp³-hybridized carbons (Fsp3) is 0.333. The molecule has 0 bridgehead atoms. The lowest BCUT2D eigenvalue weighted by Gasteiger charge is -2.12. The monoisotopic (exact) mass is 330 g/mol. The van der Waals surface area contributed by atoms with Crippen LogP contribution in [0.5, 0.6) is 5.75 Å². The zero-order valence-corrected chi connectivity index (χ0v) is 11.8. The summed E-state index contributed by atoms with van der Waals surface area (Å²) in [5.41, 5.74) is -0.363. The molecule has 114 valence electrons. The van der Waals surface area contributed by atoms with Gasteiger partial charge in [0, 0.05) is 0 Å². The van der Waals surface area contributed by atoms with E-state index in [1.54, 1.807) is 11.6 Å². The van der Waals surface area contributed by atoms with Crippen molar-refractivity contribution in [2.24, 2.45) is 5.14 Å². The highest BCUT2D eigenvalue weighted by molar-refractivity contribution is 7.93. The molecule has 0 heterocycles. The molecule has 0 saturated carbocycles. The molecule has 7 nitrogen and oxygen atoms in total. The number of benzene rings is 1. The van der Waals surface area contributed by atoms with Crippen LogP contribution in [-0.2, 0) is 20.0 Å². The summed E-state index contributed by atoms with van der Waals surface area (Å²) in [5, 5.41) is 4.95. The average Bonchev–Trinajstić information content (AvgIpc) is 2.29. The number of nitrogens with one attached hydrogen (secondary N) is 1. The third-order valence-corrected chi connectivity index (χ3v) is 3.97. The standard InChI is InChI=1S/C9H12F2N2O5S2/c1-2-18-7-4-3-6(5-8(7)19(12,14)15)13-20(16,17)9(10)11/h3-5,9,13H,2H2,1H3,(H2,12,14,15). The second-order valence-electron chi connectivity index (χ2n) is 3.55. The molecule has 3 N–H and O–H groups in total. The van der Waals surface area contributed by atoms with Crippen LogP contribution in [0.15, 0.2) is 23.1 Å². The zero-order chi connectivity index (χ0) is 15.6. The highest BCUT2D eigenvalue weighted by Crippen LogP contribution is 2.27. The molecular weight excluding hydrogens is 318 g/mol. The Hall–Kier alpha value is -1.46. The van der Waals surface area contributed by atoms with Crippen molar-refractivity contribution in [1.82, 2.24) is 0 Å². The van der Waals surface area contributed by atoms with Crippen molar-refractivity contribution in [2.75, 3.05) is 11.3 Å². The van der Waals surface area contributed by atoms with Crippen molar-refractivity contribution in [3.05, 3.63) is 18.2 Å². The van der Waals surface area contributed by atoms with Crippen molar-refractivity contribution in [3.63, 3.8) is 0 Å². The van der Waals surface area contributed by atoms with Gasteiger partial charge in [-0.3, -0.25) is 4.72 Å². The Kier molecular flexibility index (Phi) is 4.89. The van der Waals surface area contributed by atoms with Crippen LogP contribution >= 0.6 is 0 Å². The van der Waals surface area contributed by atoms with Gasteiger partial charge in [-0.2, -0.15) is 8.78 Å². The Morgan fingerprint density at radius 2 is 1.90 bits per heavy atom. The Labute approximate surface area is 114 Å². The van der Waals surface area contributed by atoms with Gasteiger partial charge >= 0.3 is 5.76 Å². The first-order valence-electron chi connectivity index (χ1n) is 5.17. The maximum Gasteiger partial charge on any atom is 0.355 e. The van der Waals surface area contributed by atoms with Crippen molar-refractivity contribution in [1.29, 1.82) is 0 Å². The molecule has 0 spiro atoms. The first-order chi connectivity index (χ1) is 9.08. The third kappa shape index (κ3) is 4.02. The van der Waals surface area contributed by atoms with Crippen LogP contribution in [0.1, 0.15) is 6.92 Å². The van der Waals surface area contributed by atoms with Gasteiger partial charge in [-0.15, -0.1) is 0 Å². The van der Waals surface area contributed by atoms with E-state index in [4.69, 9.17) is 9.88 Å². The summed E-state index contributed by atoms with van der Waals surface area (Å²) in [6.45, 7) is 1.74. The van der Waals surface area contributed by atoms with Crippen LogP contribution in [0.4, 0.5) is 14.5 Å². The number of anilines is 1. The van der Waals surface area contributed by atoms with Crippen molar-refractivity contribution < 1.29 is 30.4 Å². The van der Waals surface area contributed by atoms with Crippen LogP contribution in [0.2, 0.25) is 0 Å². The fourth-order valence-electron chi connectivity index (χ4n) is 1.28. The van der Waals surface area contributed by atoms with Gasteiger partial charge < -0.3 is 4.74 Å². The number of ether oxygens (including phenoxy) is 1. The quantitative estimate of drug-likeness (QED) is 0.796. The topological polar surface area (TPSA) is 116 Å². The van der Waals surface area contributed by atoms with Gasteiger partial charge in [0.25, 0.3) is 10.0 Å². The van der Waals surface area contributed by atoms with Crippen LogP contribution in [0.3, 0.4) is 0 Å². The summed E-state index contributed by atoms with van der Waals surface area (Å²) in [6.07, 6.45) is 0. The number of hydrogen-bond acceptors (Lipinski definition) is 5. The third-order valence-electron chi connectivity index (χ3n) is 2.04. The van der Waals surface area contributed by atoms with E-state index in [0.717, 1.165) is 18.2 Å². The van der Waals surface area contributed by atoms with Crippen molar-refractivity contribution >= 4 is 25.7 Å². The van der Waals surface area contributed by atoms with E-state index >= 15 is 0 Å². The first kappa shape index (κ1) is 16.6. The predicted octanol–water partition coefficient (Wildman–Crippen LogP) is 0.697. The van der Waals surface area contributed by atoms with E-state index in [2.05, 4.69) is 0 Å². The molecule has 20 heavy (non-hydrogen) atoms. The number of alkyl halides is 2. The molecule has 1 aromatic rings. The summed E-state index contributed by atoms with van der Waals surface area (Å²) in [7, 11) is -9.10. The Balaban J connectivity index is 3.27. The van der Waals surface area contributed by atoms with E-state index in [1.165, 1.54) is 0 Å². The van der Waals surface area contributed by atoms with E-state index in [0.29, 0.717) is 0 Å². The van der Waals surface area contributed by atoms with Gasteiger partial charge in [-0.05, 0) is 25.1 Å². The zero-order valence-electron chi connectivity index (χ0n) is 10.2. The number of sulfonamides is 2. The average molecular weight is 330 g/mol. The van der Waals surface area contributed by atoms with E-state index in [-0.39, 0.29) is 18.0 Å². The van der Waals surface area contributed by atoms with Crippen LogP contribution in [0, 0.1) is 0 Å². The minimum Gasteiger partial charge on any atom is -0.492 e. The smallest absolute Gasteiger partial charge is 0.355 e. The SMILES string of the molecule is CCOc1ccc(NS(=O)(=O)C(F)F)cc1S(N)(=O)=O. The second kappa shape index (κ2) is 5.89. The summed E-state index contributed by atoms with van der Waals surface area (Å²) in [6, 6.07) is 3.01. The molecule has 0 aromatic heterocycles. The lowest BCUT2D eigenvalue weighted by atomic mass is 10.3. The van der Waals surface area contributed by atoms with Gasteiger partial charge in [0.05, 0.1) is 12.3 Å². The lowest BCUT2D eigenvalue weighted by Crippen LogP contribution is -2.21. The minimum absolute atomic E-state index is 0.102. The number of hydrogen-bond donors (Lipinski definition) is 2. The fourth-order valence-corrected chi connectivity index (χ4v) is 2.52. The summed E-state index contributed by atoms with van der Waals surface area (Å²) < 4.78 is 75.7. The Morgan fingerprint density at radius 3 is 2.35 bits per heavy atom. The number of primary sulfonamides is 1. The molecule has 0 aliphatic heterocycles. The Morgan fingerprint density at radius 1 is 1.30 bits per heavy atom. The maximum absolute atomic E-state index is 12.2. The van der Waals surface area contributed by atoms with Crippen LogP contribution < -0.4 is 14.6 Å². The van der Waals surface area contributed by atoms with Gasteiger partial charge in [-0.1, -0.05) is 0 Å². The summed E-state index contributed by atoms with van der Waals surface area (Å²) in [4.78, 5) is -0.506. The van der Waals surface area contributed by atoms with Gasteiger partial charge in [0.1, 0.15) is 10.6 Å². The molecule has 11 heteroatoms. The highest BCUT2D eigenvalue weighted by Gasteiger charge is 2.25. The number of halogens is 2. The van der Waals surface area contributed by atoms with Gasteiger partial charge in [-0.25, -0.2) is 22.0 Å². The summed E-state index contributed by atoms with van der Waals surface area (Å²) in [5.74, 6) is -3.75. The molecule has 0 fully saturated rings. The number of nitrogens with two attached hydrogens (primary N) is 1. The summed E-state index contributed by atoms with van der Waals surface area (Å²) >= 11 is 0. The van der Waals surface area contributed by atoms with Gasteiger partial charge in [0.2, 0.25) is 10.0 Å². The first-order valence-corrected chi connectivity index (χ1v) is 8.26. The van der Waals surface area contributed by atoms with E-state index in [9.17, 15) is 25.6 Å². The van der Waals surface area contributed by atoms with Crippen LogP contribution in [0.25, 0.3) is 0 Å². The maximum atomic E-state index is 12.2. The van der Waals surface area contributed by atoms with Crippen LogP contribution in [-0.4, -0.2) is 29.2 Å². The second-order valence-corrected chi connectivity index (χ2v) is 6.73. The lowest BCUT2D eigenvalue weighted by molar-refractivity contribution is 0.236. The molecule has 0 radical (unpaired) electrons. The van der Waals surface area contributed by atoms with Crippen molar-refractivity contribution in [2.45, 2.75) is 17.6 Å². The molecule has 1 aromatic carbocycles. The normalized spacial score (nSPS) is 12.4.